The van der Waals surface area contributed by atoms with Crippen molar-refractivity contribution in [2.45, 2.75) is 44.8 Å². The molecule has 0 saturated carbocycles. The Kier molecular flexibility index (Phi) is 3.98. The maximum atomic E-state index is 12.0. The summed E-state index contributed by atoms with van der Waals surface area (Å²) in [5.41, 5.74) is -1.77. The molecule has 17 heavy (non-hydrogen) atoms. The van der Waals surface area contributed by atoms with Crippen LogP contribution in [0.2, 0.25) is 0 Å². The molecule has 0 aromatic rings. The van der Waals surface area contributed by atoms with Crippen LogP contribution in [0.25, 0.3) is 0 Å². The number of nitrogens with one attached hydrogen (secondary N) is 1. The van der Waals surface area contributed by atoms with E-state index in [1.807, 2.05) is 0 Å². The second-order valence-corrected chi connectivity index (χ2v) is 5.11. The lowest BCUT2D eigenvalue weighted by atomic mass is 10.00. The summed E-state index contributed by atoms with van der Waals surface area (Å²) in [5, 5.41) is 10.8. The third kappa shape index (κ3) is 3.89. The molecule has 1 aliphatic heterocycles. The van der Waals surface area contributed by atoms with Gasteiger partial charge in [-0.3, -0.25) is 0 Å². The molecular weight excluding hydrogens is 226 g/mol. The van der Waals surface area contributed by atoms with E-state index in [2.05, 4.69) is 5.32 Å². The molecule has 0 spiro atoms. The van der Waals surface area contributed by atoms with E-state index < -0.39 is 23.3 Å². The molecule has 1 saturated heterocycles. The SMILES string of the molecule is CC(C)(C)OC(=O)C1(CNC(=O)O)CCCO1. The van der Waals surface area contributed by atoms with Crippen LogP contribution in [0.3, 0.4) is 0 Å². The second-order valence-electron chi connectivity index (χ2n) is 5.11. The largest absolute Gasteiger partial charge is 0.465 e. The zero-order chi connectivity index (χ0) is 13.1. The molecule has 6 nitrogen and oxygen atoms in total. The van der Waals surface area contributed by atoms with Crippen molar-refractivity contribution in [3.05, 3.63) is 0 Å². The zero-order valence-corrected chi connectivity index (χ0v) is 10.4. The van der Waals surface area contributed by atoms with Crippen molar-refractivity contribution in [2.75, 3.05) is 13.2 Å². The van der Waals surface area contributed by atoms with Crippen molar-refractivity contribution < 1.29 is 24.2 Å². The number of amides is 1. The van der Waals surface area contributed by atoms with Crippen LogP contribution in [-0.4, -0.2) is 41.5 Å². The highest BCUT2D eigenvalue weighted by Crippen LogP contribution is 2.28. The molecule has 2 N–H and O–H groups in total. The van der Waals surface area contributed by atoms with E-state index in [4.69, 9.17) is 14.6 Å². The average molecular weight is 245 g/mol. The Labute approximate surface area is 100 Å². The number of carboxylic acid groups (broad SMARTS) is 1. The van der Waals surface area contributed by atoms with E-state index in [0.29, 0.717) is 13.0 Å². The number of hydrogen-bond acceptors (Lipinski definition) is 4. The average Bonchev–Trinajstić information content (AvgIpc) is 2.61. The molecule has 1 unspecified atom stereocenters. The van der Waals surface area contributed by atoms with Crippen molar-refractivity contribution in [3.63, 3.8) is 0 Å². The molecule has 1 fully saturated rings. The number of carbonyl (C=O) groups is 2. The quantitative estimate of drug-likeness (QED) is 0.728. The number of rotatable bonds is 3. The molecule has 1 rings (SSSR count). The van der Waals surface area contributed by atoms with Gasteiger partial charge in [0, 0.05) is 6.61 Å². The van der Waals surface area contributed by atoms with Crippen molar-refractivity contribution in [1.29, 1.82) is 0 Å². The van der Waals surface area contributed by atoms with E-state index in [1.165, 1.54) is 0 Å². The highest BCUT2D eigenvalue weighted by Gasteiger charge is 2.45. The summed E-state index contributed by atoms with van der Waals surface area (Å²) in [6, 6.07) is 0. The summed E-state index contributed by atoms with van der Waals surface area (Å²) >= 11 is 0. The third-order valence-electron chi connectivity index (χ3n) is 2.40. The summed E-state index contributed by atoms with van der Waals surface area (Å²) in [5.74, 6) is -0.503. The maximum Gasteiger partial charge on any atom is 0.404 e. The Morgan fingerprint density at radius 1 is 1.47 bits per heavy atom. The van der Waals surface area contributed by atoms with Gasteiger partial charge in [0.1, 0.15) is 5.60 Å². The predicted molar refractivity (Wildman–Crippen MR) is 59.8 cm³/mol. The van der Waals surface area contributed by atoms with Gasteiger partial charge in [0.15, 0.2) is 5.60 Å². The van der Waals surface area contributed by atoms with E-state index in [1.54, 1.807) is 20.8 Å². The fraction of sp³-hybridized carbons (Fsp3) is 0.818. The zero-order valence-electron chi connectivity index (χ0n) is 10.4. The minimum Gasteiger partial charge on any atom is -0.465 e. The van der Waals surface area contributed by atoms with Crippen LogP contribution in [-0.2, 0) is 14.3 Å². The Morgan fingerprint density at radius 2 is 2.12 bits per heavy atom. The molecule has 0 aliphatic carbocycles. The van der Waals surface area contributed by atoms with Crippen molar-refractivity contribution >= 4 is 12.1 Å². The summed E-state index contributed by atoms with van der Waals surface area (Å²) in [7, 11) is 0. The normalized spacial score (nSPS) is 24.4. The van der Waals surface area contributed by atoms with E-state index in [9.17, 15) is 9.59 Å². The van der Waals surface area contributed by atoms with Crippen molar-refractivity contribution in [3.8, 4) is 0 Å². The summed E-state index contributed by atoms with van der Waals surface area (Å²) in [4.78, 5) is 22.5. The first-order chi connectivity index (χ1) is 7.75. The summed E-state index contributed by atoms with van der Waals surface area (Å²) < 4.78 is 10.7. The van der Waals surface area contributed by atoms with Gasteiger partial charge in [0.2, 0.25) is 0 Å². The minimum absolute atomic E-state index is 0.0722. The lowest BCUT2D eigenvalue weighted by Crippen LogP contribution is -2.51. The molecule has 0 bridgehead atoms. The standard InChI is InChI=1S/C11H19NO5/c1-10(2,3)17-8(13)11(5-4-6-16-11)7-12-9(14)15/h12H,4-7H2,1-3H3,(H,14,15). The Hall–Kier alpha value is -1.30. The van der Waals surface area contributed by atoms with Crippen LogP contribution in [0.15, 0.2) is 0 Å². The lowest BCUT2D eigenvalue weighted by Gasteiger charge is -2.30. The van der Waals surface area contributed by atoms with Crippen LogP contribution in [0.5, 0.6) is 0 Å². The van der Waals surface area contributed by atoms with Gasteiger partial charge < -0.3 is 19.9 Å². The van der Waals surface area contributed by atoms with Crippen LogP contribution >= 0.6 is 0 Å². The Morgan fingerprint density at radius 3 is 2.53 bits per heavy atom. The van der Waals surface area contributed by atoms with E-state index >= 15 is 0 Å². The van der Waals surface area contributed by atoms with Gasteiger partial charge >= 0.3 is 12.1 Å². The molecule has 0 aromatic carbocycles. The molecular formula is C11H19NO5. The van der Waals surface area contributed by atoms with Crippen molar-refractivity contribution in [1.82, 2.24) is 5.32 Å². The van der Waals surface area contributed by atoms with Gasteiger partial charge in [-0.1, -0.05) is 0 Å². The highest BCUT2D eigenvalue weighted by atomic mass is 16.6. The fourth-order valence-corrected chi connectivity index (χ4v) is 1.66. The fourth-order valence-electron chi connectivity index (χ4n) is 1.66. The Balaban J connectivity index is 2.70. The van der Waals surface area contributed by atoms with Gasteiger partial charge in [-0.15, -0.1) is 0 Å². The molecule has 98 valence electrons. The number of ether oxygens (including phenoxy) is 2. The van der Waals surface area contributed by atoms with Gasteiger partial charge in [-0.2, -0.15) is 0 Å². The molecule has 1 heterocycles. The smallest absolute Gasteiger partial charge is 0.404 e. The first-order valence-electron chi connectivity index (χ1n) is 5.59. The second kappa shape index (κ2) is 4.91. The number of esters is 1. The maximum absolute atomic E-state index is 12.0. The van der Waals surface area contributed by atoms with E-state index in [-0.39, 0.29) is 6.54 Å². The minimum atomic E-state index is -1.18. The summed E-state index contributed by atoms with van der Waals surface area (Å²) in [6.45, 7) is 5.66. The molecule has 1 aliphatic rings. The summed E-state index contributed by atoms with van der Waals surface area (Å²) in [6.07, 6.45) is 0.0198. The monoisotopic (exact) mass is 245 g/mol. The third-order valence-corrected chi connectivity index (χ3v) is 2.40. The van der Waals surface area contributed by atoms with Crippen molar-refractivity contribution in [2.24, 2.45) is 0 Å². The predicted octanol–water partition coefficient (Wildman–Crippen LogP) is 1.14. The first-order valence-corrected chi connectivity index (χ1v) is 5.59. The number of hydrogen-bond donors (Lipinski definition) is 2. The highest BCUT2D eigenvalue weighted by molar-refractivity contribution is 5.81. The molecule has 0 aromatic heterocycles. The molecule has 0 radical (unpaired) electrons. The van der Waals surface area contributed by atoms with Gasteiger partial charge in [0.05, 0.1) is 6.54 Å². The lowest BCUT2D eigenvalue weighted by molar-refractivity contribution is -0.177. The van der Waals surface area contributed by atoms with Gasteiger partial charge in [-0.25, -0.2) is 9.59 Å². The van der Waals surface area contributed by atoms with E-state index in [0.717, 1.165) is 6.42 Å². The van der Waals surface area contributed by atoms with Crippen LogP contribution in [0, 0.1) is 0 Å². The van der Waals surface area contributed by atoms with Gasteiger partial charge in [-0.05, 0) is 33.6 Å². The molecule has 1 amide bonds. The Bertz CT molecular complexity index is 301. The van der Waals surface area contributed by atoms with Crippen LogP contribution in [0.1, 0.15) is 33.6 Å². The molecule has 6 heteroatoms. The topological polar surface area (TPSA) is 84.9 Å². The van der Waals surface area contributed by atoms with Gasteiger partial charge in [0.25, 0.3) is 0 Å². The first kappa shape index (κ1) is 13.8. The van der Waals surface area contributed by atoms with Crippen LogP contribution < -0.4 is 5.32 Å². The number of carbonyl (C=O) groups excluding carboxylic acids is 1. The molecule has 1 atom stereocenters. The van der Waals surface area contributed by atoms with Crippen LogP contribution in [0.4, 0.5) is 4.79 Å².